The van der Waals surface area contributed by atoms with Crippen LogP contribution in [0.2, 0.25) is 0 Å². The van der Waals surface area contributed by atoms with Gasteiger partial charge >= 0.3 is 0 Å². The molecule has 0 saturated heterocycles. The van der Waals surface area contributed by atoms with Crippen molar-refractivity contribution in [3.63, 3.8) is 0 Å². The molecule has 0 aromatic heterocycles. The van der Waals surface area contributed by atoms with E-state index >= 15 is 0 Å². The SMILES string of the molecule is Cc1ccc2c(c1)C(O)C(N(CCO)CCO)C(C)(C)O2. The summed E-state index contributed by atoms with van der Waals surface area (Å²) in [6, 6.07) is 5.44. The number of nitrogens with zero attached hydrogens (tertiary/aromatic N) is 1. The van der Waals surface area contributed by atoms with Crippen molar-refractivity contribution in [1.82, 2.24) is 4.90 Å². The lowest BCUT2D eigenvalue weighted by atomic mass is 9.84. The summed E-state index contributed by atoms with van der Waals surface area (Å²) in [6.07, 6.45) is -0.721. The largest absolute Gasteiger partial charge is 0.486 e. The Morgan fingerprint density at radius 3 is 2.38 bits per heavy atom. The monoisotopic (exact) mass is 295 g/mol. The van der Waals surface area contributed by atoms with Crippen LogP contribution < -0.4 is 4.74 Å². The fourth-order valence-electron chi connectivity index (χ4n) is 3.17. The van der Waals surface area contributed by atoms with Crippen molar-refractivity contribution < 1.29 is 20.1 Å². The molecular formula is C16H25NO4. The van der Waals surface area contributed by atoms with Crippen molar-refractivity contribution in [3.8, 4) is 5.75 Å². The Morgan fingerprint density at radius 2 is 1.81 bits per heavy atom. The average Bonchev–Trinajstić information content (AvgIpc) is 2.40. The summed E-state index contributed by atoms with van der Waals surface area (Å²) in [5.41, 5.74) is 1.21. The number of hydrogen-bond donors (Lipinski definition) is 3. The summed E-state index contributed by atoms with van der Waals surface area (Å²) in [5, 5.41) is 29.3. The van der Waals surface area contributed by atoms with Crippen LogP contribution in [0.25, 0.3) is 0 Å². The molecule has 0 radical (unpaired) electrons. The van der Waals surface area contributed by atoms with E-state index in [9.17, 15) is 15.3 Å². The Hall–Kier alpha value is -1.14. The molecule has 0 bridgehead atoms. The Labute approximate surface area is 125 Å². The Balaban J connectivity index is 2.40. The molecule has 0 saturated carbocycles. The van der Waals surface area contributed by atoms with Crippen molar-refractivity contribution in [2.45, 2.75) is 38.5 Å². The minimum atomic E-state index is -0.721. The van der Waals surface area contributed by atoms with E-state index in [2.05, 4.69) is 0 Å². The zero-order chi connectivity index (χ0) is 15.6. The summed E-state index contributed by atoms with van der Waals surface area (Å²) < 4.78 is 6.07. The number of hydrogen-bond acceptors (Lipinski definition) is 5. The van der Waals surface area contributed by atoms with Gasteiger partial charge in [-0.3, -0.25) is 4.90 Å². The quantitative estimate of drug-likeness (QED) is 0.751. The molecule has 1 aliphatic heterocycles. The van der Waals surface area contributed by atoms with E-state index in [-0.39, 0.29) is 19.3 Å². The van der Waals surface area contributed by atoms with Gasteiger partial charge in [-0.05, 0) is 32.9 Å². The highest BCUT2D eigenvalue weighted by Gasteiger charge is 2.46. The average molecular weight is 295 g/mol. The molecule has 21 heavy (non-hydrogen) atoms. The molecule has 5 heteroatoms. The Morgan fingerprint density at radius 1 is 1.19 bits per heavy atom. The smallest absolute Gasteiger partial charge is 0.126 e. The fourth-order valence-corrected chi connectivity index (χ4v) is 3.17. The molecule has 0 fully saturated rings. The number of rotatable bonds is 5. The minimum absolute atomic E-state index is 0.0278. The molecule has 2 rings (SSSR count). The van der Waals surface area contributed by atoms with Gasteiger partial charge in [-0.2, -0.15) is 0 Å². The number of aliphatic hydroxyl groups excluding tert-OH is 3. The molecule has 1 aromatic carbocycles. The highest BCUT2D eigenvalue weighted by atomic mass is 16.5. The van der Waals surface area contributed by atoms with Crippen LogP contribution in [-0.4, -0.2) is 58.2 Å². The number of aliphatic hydroxyl groups is 3. The Bertz CT molecular complexity index is 483. The normalized spacial score (nSPS) is 23.8. The first kappa shape index (κ1) is 16.2. The van der Waals surface area contributed by atoms with Crippen molar-refractivity contribution in [2.75, 3.05) is 26.3 Å². The summed E-state index contributed by atoms with van der Waals surface area (Å²) in [5.74, 6) is 0.697. The lowest BCUT2D eigenvalue weighted by Crippen LogP contribution is -2.59. The van der Waals surface area contributed by atoms with Gasteiger partial charge in [0.1, 0.15) is 17.5 Å². The first-order valence-corrected chi connectivity index (χ1v) is 7.34. The minimum Gasteiger partial charge on any atom is -0.486 e. The third kappa shape index (κ3) is 3.21. The maximum absolute atomic E-state index is 10.8. The van der Waals surface area contributed by atoms with Gasteiger partial charge in [0.2, 0.25) is 0 Å². The molecular weight excluding hydrogens is 270 g/mol. The zero-order valence-corrected chi connectivity index (χ0v) is 12.9. The van der Waals surface area contributed by atoms with Crippen molar-refractivity contribution in [2.24, 2.45) is 0 Å². The second-order valence-electron chi connectivity index (χ2n) is 6.12. The lowest BCUT2D eigenvalue weighted by Gasteiger charge is -2.48. The van der Waals surface area contributed by atoms with Crippen LogP contribution in [0.15, 0.2) is 18.2 Å². The van der Waals surface area contributed by atoms with Crippen LogP contribution in [0.5, 0.6) is 5.75 Å². The van der Waals surface area contributed by atoms with Crippen LogP contribution >= 0.6 is 0 Å². The highest BCUT2D eigenvalue weighted by molar-refractivity contribution is 5.42. The van der Waals surface area contributed by atoms with Gasteiger partial charge in [-0.25, -0.2) is 0 Å². The number of aryl methyl sites for hydroxylation is 1. The summed E-state index contributed by atoms with van der Waals surface area (Å²) in [7, 11) is 0. The number of benzene rings is 1. The molecule has 1 heterocycles. The number of ether oxygens (including phenoxy) is 1. The standard InChI is InChI=1S/C16H25NO4/c1-11-4-5-13-12(10-11)14(20)15(16(2,3)21-13)17(6-8-18)7-9-19/h4-5,10,14-15,18-20H,6-9H2,1-3H3. The Kier molecular flexibility index (Phi) is 4.88. The summed E-state index contributed by atoms with van der Waals surface area (Å²) in [4.78, 5) is 1.88. The van der Waals surface area contributed by atoms with Crippen molar-refractivity contribution >= 4 is 0 Å². The van der Waals surface area contributed by atoms with Gasteiger partial charge in [0.05, 0.1) is 19.3 Å². The summed E-state index contributed by atoms with van der Waals surface area (Å²) in [6.45, 7) is 6.53. The molecule has 2 atom stereocenters. The highest BCUT2D eigenvalue weighted by Crippen LogP contribution is 2.42. The van der Waals surface area contributed by atoms with E-state index in [1.54, 1.807) is 0 Å². The van der Waals surface area contributed by atoms with E-state index in [4.69, 9.17) is 4.74 Å². The molecule has 0 spiro atoms. The number of fused-ring (bicyclic) bond motifs is 1. The predicted molar refractivity (Wildman–Crippen MR) is 80.4 cm³/mol. The van der Waals surface area contributed by atoms with E-state index in [0.29, 0.717) is 18.8 Å². The second-order valence-corrected chi connectivity index (χ2v) is 6.12. The van der Waals surface area contributed by atoms with Crippen LogP contribution in [0.4, 0.5) is 0 Å². The fraction of sp³-hybridized carbons (Fsp3) is 0.625. The first-order valence-electron chi connectivity index (χ1n) is 7.34. The van der Waals surface area contributed by atoms with Gasteiger partial charge in [0.15, 0.2) is 0 Å². The van der Waals surface area contributed by atoms with Crippen LogP contribution in [0.1, 0.15) is 31.1 Å². The molecule has 1 aliphatic rings. The summed E-state index contributed by atoms with van der Waals surface area (Å²) >= 11 is 0. The van der Waals surface area contributed by atoms with E-state index < -0.39 is 11.7 Å². The zero-order valence-electron chi connectivity index (χ0n) is 12.9. The van der Waals surface area contributed by atoms with E-state index in [1.807, 2.05) is 43.9 Å². The van der Waals surface area contributed by atoms with Crippen molar-refractivity contribution in [1.29, 1.82) is 0 Å². The first-order chi connectivity index (χ1) is 9.90. The van der Waals surface area contributed by atoms with E-state index in [1.165, 1.54) is 0 Å². The third-order valence-corrected chi connectivity index (χ3v) is 4.04. The van der Waals surface area contributed by atoms with Gasteiger partial charge in [-0.1, -0.05) is 11.6 Å². The van der Waals surface area contributed by atoms with Crippen molar-refractivity contribution in [3.05, 3.63) is 29.3 Å². The molecule has 3 N–H and O–H groups in total. The van der Waals surface area contributed by atoms with Crippen LogP contribution in [0, 0.1) is 6.92 Å². The van der Waals surface area contributed by atoms with Gasteiger partial charge < -0.3 is 20.1 Å². The maximum atomic E-state index is 10.8. The molecule has 118 valence electrons. The lowest BCUT2D eigenvalue weighted by molar-refractivity contribution is -0.0883. The molecule has 0 amide bonds. The molecule has 0 aliphatic carbocycles. The van der Waals surface area contributed by atoms with E-state index in [0.717, 1.165) is 11.1 Å². The topological polar surface area (TPSA) is 73.2 Å². The third-order valence-electron chi connectivity index (χ3n) is 4.04. The maximum Gasteiger partial charge on any atom is 0.126 e. The van der Waals surface area contributed by atoms with Gasteiger partial charge in [0.25, 0.3) is 0 Å². The second kappa shape index (κ2) is 6.32. The molecule has 1 aromatic rings. The molecule has 5 nitrogen and oxygen atoms in total. The van der Waals surface area contributed by atoms with Gasteiger partial charge in [-0.15, -0.1) is 0 Å². The predicted octanol–water partition coefficient (Wildman–Crippen LogP) is 0.855. The van der Waals surface area contributed by atoms with Gasteiger partial charge in [0, 0.05) is 18.7 Å². The molecule has 2 unspecified atom stereocenters. The van der Waals surface area contributed by atoms with Crippen LogP contribution in [-0.2, 0) is 0 Å². The van der Waals surface area contributed by atoms with Crippen LogP contribution in [0.3, 0.4) is 0 Å².